The van der Waals surface area contributed by atoms with E-state index in [0.29, 0.717) is 27.2 Å². The van der Waals surface area contributed by atoms with E-state index in [1.807, 2.05) is 0 Å². The molecule has 21 heavy (non-hydrogen) atoms. The van der Waals surface area contributed by atoms with Crippen LogP contribution in [0, 0.1) is 0 Å². The fourth-order valence-corrected chi connectivity index (χ4v) is 2.15. The maximum absolute atomic E-state index is 11.4. The highest BCUT2D eigenvalue weighted by Gasteiger charge is 2.06. The topological polar surface area (TPSA) is 72.8 Å². The Morgan fingerprint density at radius 3 is 2.48 bits per heavy atom. The Hall–Kier alpha value is -2.31. The molecule has 0 spiro atoms. The second-order valence-electron chi connectivity index (χ2n) is 4.09. The highest BCUT2D eigenvalue weighted by atomic mass is 35.5. The molecule has 0 aliphatic rings. The first-order valence-corrected chi connectivity index (χ1v) is 6.63. The minimum absolute atomic E-state index is 0.413. The molecule has 0 unspecified atom stereocenters. The molecule has 1 N–H and O–H groups in total. The zero-order chi connectivity index (χ0) is 14.8. The zero-order valence-corrected chi connectivity index (χ0v) is 12.0. The molecule has 2 aromatic carbocycles. The van der Waals surface area contributed by atoms with Crippen molar-refractivity contribution in [2.24, 2.45) is 0 Å². The second-order valence-corrected chi connectivity index (χ2v) is 4.93. The molecular weight excluding hydrogens is 315 g/mol. The summed E-state index contributed by atoms with van der Waals surface area (Å²) in [7, 11) is 0. The predicted molar refractivity (Wildman–Crippen MR) is 78.5 cm³/mol. The van der Waals surface area contributed by atoms with Gasteiger partial charge in [0.15, 0.2) is 0 Å². The summed E-state index contributed by atoms with van der Waals surface area (Å²) in [5.74, 6) is 1.06. The van der Waals surface area contributed by atoms with E-state index >= 15 is 0 Å². The highest BCUT2D eigenvalue weighted by molar-refractivity contribution is 6.35. The van der Waals surface area contributed by atoms with Crippen molar-refractivity contribution in [2.45, 2.75) is 0 Å². The van der Waals surface area contributed by atoms with Gasteiger partial charge in [-0.25, -0.2) is 9.89 Å². The molecule has 0 bridgehead atoms. The second kappa shape index (κ2) is 5.59. The summed E-state index contributed by atoms with van der Waals surface area (Å²) < 4.78 is 6.78. The van der Waals surface area contributed by atoms with Crippen molar-refractivity contribution in [2.75, 3.05) is 0 Å². The lowest BCUT2D eigenvalue weighted by molar-refractivity contribution is 0.483. The first-order valence-electron chi connectivity index (χ1n) is 5.87. The average Bonchev–Trinajstić information content (AvgIpc) is 2.89. The Balaban J connectivity index is 1.85. The van der Waals surface area contributed by atoms with Gasteiger partial charge in [-0.1, -0.05) is 23.2 Å². The molecule has 106 valence electrons. The average molecular weight is 323 g/mol. The molecule has 3 rings (SSSR count). The molecule has 1 heterocycles. The number of nitrogens with one attached hydrogen (secondary N) is 1. The van der Waals surface area contributed by atoms with Gasteiger partial charge in [-0.15, -0.1) is 0 Å². The number of hydrogen-bond acceptors (Lipinski definition) is 4. The van der Waals surface area contributed by atoms with Crippen molar-refractivity contribution in [3.63, 3.8) is 0 Å². The van der Waals surface area contributed by atoms with Crippen molar-refractivity contribution in [1.29, 1.82) is 0 Å². The van der Waals surface area contributed by atoms with Crippen LogP contribution in [0.1, 0.15) is 0 Å². The van der Waals surface area contributed by atoms with Crippen molar-refractivity contribution in [3.05, 3.63) is 63.0 Å². The minimum Gasteiger partial charge on any atom is -0.456 e. The number of aromatic nitrogens is 4. The zero-order valence-electron chi connectivity index (χ0n) is 10.5. The number of ether oxygens (including phenoxy) is 1. The van der Waals surface area contributed by atoms with Crippen molar-refractivity contribution < 1.29 is 4.74 Å². The fourth-order valence-electron chi connectivity index (χ4n) is 1.71. The number of H-pyrrole nitrogens is 1. The number of halogens is 2. The first-order chi connectivity index (χ1) is 10.1. The third kappa shape index (κ3) is 2.91. The predicted octanol–water partition coefficient (Wildman–Crippen LogP) is 3.05. The number of nitrogens with zero attached hydrogens (tertiary/aromatic N) is 3. The fraction of sp³-hybridized carbons (Fsp3) is 0. The maximum Gasteiger partial charge on any atom is 0.365 e. The van der Waals surface area contributed by atoms with Crippen LogP contribution in [0.4, 0.5) is 0 Å². The molecule has 0 amide bonds. The standard InChI is InChI=1S/C13H8Cl2N4O2/c14-8-1-6-12(11(15)7-8)21-10-4-2-9(3-5-10)19-13(20)16-17-18-19/h1-7H,(H,16,18,20). The molecule has 6 nitrogen and oxygen atoms in total. The van der Waals surface area contributed by atoms with Crippen LogP contribution in [-0.2, 0) is 0 Å². The minimum atomic E-state index is -0.413. The highest BCUT2D eigenvalue weighted by Crippen LogP contribution is 2.31. The molecule has 0 saturated carbocycles. The summed E-state index contributed by atoms with van der Waals surface area (Å²) >= 11 is 11.9. The molecule has 3 aromatic rings. The van der Waals surface area contributed by atoms with Gasteiger partial charge in [0, 0.05) is 5.02 Å². The van der Waals surface area contributed by atoms with Crippen LogP contribution in [0.25, 0.3) is 5.69 Å². The summed E-state index contributed by atoms with van der Waals surface area (Å²) in [6.45, 7) is 0. The molecule has 0 radical (unpaired) electrons. The maximum atomic E-state index is 11.4. The Morgan fingerprint density at radius 1 is 1.10 bits per heavy atom. The van der Waals surface area contributed by atoms with Crippen molar-refractivity contribution in [3.8, 4) is 17.2 Å². The summed E-state index contributed by atoms with van der Waals surface area (Å²) in [5.41, 5.74) is 0.160. The summed E-state index contributed by atoms with van der Waals surface area (Å²) in [4.78, 5) is 11.4. The largest absolute Gasteiger partial charge is 0.456 e. The van der Waals surface area contributed by atoms with Crippen molar-refractivity contribution in [1.82, 2.24) is 20.2 Å². The molecule has 1 aromatic heterocycles. The van der Waals surface area contributed by atoms with E-state index in [4.69, 9.17) is 27.9 Å². The van der Waals surface area contributed by atoms with Gasteiger partial charge in [-0.05, 0) is 52.9 Å². The van der Waals surface area contributed by atoms with Crippen LogP contribution in [0.5, 0.6) is 11.5 Å². The van der Waals surface area contributed by atoms with Crippen LogP contribution < -0.4 is 10.4 Å². The van der Waals surface area contributed by atoms with Gasteiger partial charge in [0.2, 0.25) is 0 Å². The van der Waals surface area contributed by atoms with Crippen molar-refractivity contribution >= 4 is 23.2 Å². The van der Waals surface area contributed by atoms with Crippen LogP contribution in [0.3, 0.4) is 0 Å². The van der Waals surface area contributed by atoms with E-state index in [0.717, 1.165) is 4.68 Å². The monoisotopic (exact) mass is 322 g/mol. The van der Waals surface area contributed by atoms with Gasteiger partial charge >= 0.3 is 5.69 Å². The smallest absolute Gasteiger partial charge is 0.365 e. The molecular formula is C13H8Cl2N4O2. The third-order valence-electron chi connectivity index (χ3n) is 2.68. The summed E-state index contributed by atoms with van der Waals surface area (Å²) in [6.07, 6.45) is 0. The van der Waals surface area contributed by atoms with Gasteiger partial charge < -0.3 is 4.74 Å². The van der Waals surface area contributed by atoms with Crippen LogP contribution in [-0.4, -0.2) is 20.2 Å². The van der Waals surface area contributed by atoms with E-state index in [1.54, 1.807) is 42.5 Å². The Labute approximate surface area is 128 Å². The number of hydrogen-bond donors (Lipinski definition) is 1. The Morgan fingerprint density at radius 2 is 1.86 bits per heavy atom. The number of aromatic amines is 1. The van der Waals surface area contributed by atoms with E-state index in [1.165, 1.54) is 0 Å². The van der Waals surface area contributed by atoms with Gasteiger partial charge in [0.05, 0.1) is 10.7 Å². The number of tetrazole rings is 1. The molecule has 0 aliphatic carbocycles. The van der Waals surface area contributed by atoms with E-state index < -0.39 is 5.69 Å². The first kappa shape index (κ1) is 13.7. The lowest BCUT2D eigenvalue weighted by atomic mass is 10.3. The van der Waals surface area contributed by atoms with Crippen LogP contribution in [0.2, 0.25) is 10.0 Å². The number of rotatable bonds is 3. The summed E-state index contributed by atoms with van der Waals surface area (Å²) in [5, 5.41) is 10.2. The van der Waals surface area contributed by atoms with Gasteiger partial charge in [0.25, 0.3) is 0 Å². The van der Waals surface area contributed by atoms with E-state index in [-0.39, 0.29) is 0 Å². The van der Waals surface area contributed by atoms with E-state index in [2.05, 4.69) is 15.5 Å². The molecule has 0 fully saturated rings. The SMILES string of the molecule is O=c1[nH]nnn1-c1ccc(Oc2ccc(Cl)cc2Cl)cc1. The third-order valence-corrected chi connectivity index (χ3v) is 3.21. The molecule has 0 aliphatic heterocycles. The van der Waals surface area contributed by atoms with E-state index in [9.17, 15) is 4.79 Å². The normalized spacial score (nSPS) is 10.6. The lowest BCUT2D eigenvalue weighted by Crippen LogP contribution is -2.15. The summed E-state index contributed by atoms with van der Waals surface area (Å²) in [6, 6.07) is 11.7. The Kier molecular flexibility index (Phi) is 3.64. The van der Waals surface area contributed by atoms with Crippen LogP contribution in [0.15, 0.2) is 47.3 Å². The number of benzene rings is 2. The Bertz CT molecular complexity index is 827. The van der Waals surface area contributed by atoms with Gasteiger partial charge in [-0.3, -0.25) is 0 Å². The van der Waals surface area contributed by atoms with Gasteiger partial charge in [-0.2, -0.15) is 4.68 Å². The van der Waals surface area contributed by atoms with Gasteiger partial charge in [0.1, 0.15) is 11.5 Å². The quantitative estimate of drug-likeness (QED) is 0.804. The molecule has 8 heteroatoms. The lowest BCUT2D eigenvalue weighted by Gasteiger charge is -2.08. The molecule has 0 saturated heterocycles. The molecule has 0 atom stereocenters. The van der Waals surface area contributed by atoms with Crippen LogP contribution >= 0.6 is 23.2 Å².